The quantitative estimate of drug-likeness (QED) is 0.212. The first-order valence-corrected chi connectivity index (χ1v) is 11.5. The maximum absolute atomic E-state index is 12.1. The third-order valence-corrected chi connectivity index (χ3v) is 5.71. The molecule has 0 bridgehead atoms. The Labute approximate surface area is 216 Å². The van der Waals surface area contributed by atoms with E-state index < -0.39 is 4.92 Å². The van der Waals surface area contributed by atoms with Gasteiger partial charge in [0.05, 0.1) is 29.1 Å². The van der Waals surface area contributed by atoms with Crippen molar-refractivity contribution in [2.75, 3.05) is 68.8 Å². The van der Waals surface area contributed by atoms with Crippen LogP contribution in [0.4, 0.5) is 40.2 Å². The fourth-order valence-electron chi connectivity index (χ4n) is 3.71. The van der Waals surface area contributed by atoms with Gasteiger partial charge in [0.2, 0.25) is 12.4 Å². The number of nitrogens with zero attached hydrogens (tertiary/aromatic N) is 6. The lowest BCUT2D eigenvalue weighted by molar-refractivity contribution is -0.384. The highest BCUT2D eigenvalue weighted by molar-refractivity contribution is 5.91. The molecule has 0 saturated heterocycles. The highest BCUT2D eigenvalue weighted by atomic mass is 16.6. The number of aromatic nitrogens is 2. The SMILES string of the molecule is CNc1cc(C)ccc1N(C=O)c1ccnc(Nc2cc([N+](=O)[O-])c(N(C)CCN(C)C)cc2OC)n1. The highest BCUT2D eigenvalue weighted by Crippen LogP contribution is 2.39. The topological polar surface area (TPSA) is 129 Å². The van der Waals surface area contributed by atoms with E-state index in [4.69, 9.17) is 4.74 Å². The van der Waals surface area contributed by atoms with Crippen LogP contribution in [-0.2, 0) is 4.79 Å². The van der Waals surface area contributed by atoms with E-state index in [1.807, 2.05) is 49.0 Å². The van der Waals surface area contributed by atoms with E-state index in [9.17, 15) is 14.9 Å². The van der Waals surface area contributed by atoms with Gasteiger partial charge in [-0.1, -0.05) is 6.07 Å². The van der Waals surface area contributed by atoms with Gasteiger partial charge in [-0.15, -0.1) is 0 Å². The minimum atomic E-state index is -0.436. The number of ether oxygens (including phenoxy) is 1. The average Bonchev–Trinajstić information content (AvgIpc) is 2.88. The maximum atomic E-state index is 12.1. The molecule has 2 aromatic carbocycles. The Balaban J connectivity index is 1.98. The Morgan fingerprint density at radius 2 is 1.84 bits per heavy atom. The second-order valence-corrected chi connectivity index (χ2v) is 8.63. The van der Waals surface area contributed by atoms with Gasteiger partial charge >= 0.3 is 0 Å². The van der Waals surface area contributed by atoms with Crippen LogP contribution in [0.3, 0.4) is 0 Å². The van der Waals surface area contributed by atoms with Crippen LogP contribution in [0.25, 0.3) is 0 Å². The van der Waals surface area contributed by atoms with Gasteiger partial charge in [0.1, 0.15) is 17.3 Å². The van der Waals surface area contributed by atoms with Crippen LogP contribution in [-0.4, -0.2) is 74.6 Å². The summed E-state index contributed by atoms with van der Waals surface area (Å²) >= 11 is 0. The number of carbonyl (C=O) groups is 1. The third kappa shape index (κ3) is 6.41. The van der Waals surface area contributed by atoms with E-state index in [1.54, 1.807) is 26.2 Å². The zero-order valence-corrected chi connectivity index (χ0v) is 21.8. The summed E-state index contributed by atoms with van der Waals surface area (Å²) in [4.78, 5) is 37.4. The van der Waals surface area contributed by atoms with Crippen LogP contribution in [0, 0.1) is 17.0 Å². The summed E-state index contributed by atoms with van der Waals surface area (Å²) in [5.41, 5.74) is 3.06. The Bertz CT molecular complexity index is 1270. The van der Waals surface area contributed by atoms with Crippen LogP contribution >= 0.6 is 0 Å². The molecule has 0 aliphatic heterocycles. The molecule has 3 aromatic rings. The van der Waals surface area contributed by atoms with Crippen molar-refractivity contribution in [2.45, 2.75) is 6.92 Å². The third-order valence-electron chi connectivity index (χ3n) is 5.71. The lowest BCUT2D eigenvalue weighted by Crippen LogP contribution is -2.29. The van der Waals surface area contributed by atoms with Crippen molar-refractivity contribution in [2.24, 2.45) is 0 Å². The predicted molar refractivity (Wildman–Crippen MR) is 146 cm³/mol. The molecule has 2 N–H and O–H groups in total. The zero-order chi connectivity index (χ0) is 27.1. The Kier molecular flexibility index (Phi) is 8.80. The number of nitro benzene ring substituents is 1. The summed E-state index contributed by atoms with van der Waals surface area (Å²) in [6.45, 7) is 3.27. The lowest BCUT2D eigenvalue weighted by atomic mass is 10.1. The molecule has 0 fully saturated rings. The molecule has 1 heterocycles. The van der Waals surface area contributed by atoms with E-state index in [-0.39, 0.29) is 11.6 Å². The molecule has 1 aromatic heterocycles. The van der Waals surface area contributed by atoms with E-state index in [2.05, 4.69) is 20.6 Å². The number of methoxy groups -OCH3 is 1. The lowest BCUT2D eigenvalue weighted by Gasteiger charge is -2.23. The number of nitrogens with one attached hydrogen (secondary N) is 2. The van der Waals surface area contributed by atoms with Gasteiger partial charge in [-0.05, 0) is 44.8 Å². The van der Waals surface area contributed by atoms with Gasteiger partial charge in [0, 0.05) is 45.5 Å². The van der Waals surface area contributed by atoms with Gasteiger partial charge in [0.15, 0.2) is 0 Å². The standard InChI is InChI=1S/C25H32N8O4/c1-17-7-8-20(18(13-17)26-2)32(16-34)24-9-10-27-25(29-24)28-19-14-22(33(35)36)21(15-23(19)37-6)31(5)12-11-30(3)4/h7-10,13-16,26H,11-12H2,1-6H3,(H,27,28,29). The molecule has 0 unspecified atom stereocenters. The summed E-state index contributed by atoms with van der Waals surface area (Å²) in [5.74, 6) is 0.847. The number of hydrogen-bond donors (Lipinski definition) is 2. The normalized spacial score (nSPS) is 10.7. The number of rotatable bonds is 12. The Morgan fingerprint density at radius 3 is 2.46 bits per heavy atom. The van der Waals surface area contributed by atoms with Crippen LogP contribution < -0.4 is 25.2 Å². The number of benzene rings is 2. The summed E-state index contributed by atoms with van der Waals surface area (Å²) in [6.07, 6.45) is 2.17. The van der Waals surface area contributed by atoms with Gasteiger partial charge in [-0.2, -0.15) is 4.98 Å². The molecule has 37 heavy (non-hydrogen) atoms. The molecule has 12 heteroatoms. The van der Waals surface area contributed by atoms with E-state index in [0.717, 1.165) is 17.8 Å². The highest BCUT2D eigenvalue weighted by Gasteiger charge is 2.23. The smallest absolute Gasteiger partial charge is 0.294 e. The van der Waals surface area contributed by atoms with E-state index >= 15 is 0 Å². The average molecular weight is 509 g/mol. The number of amides is 1. The van der Waals surface area contributed by atoms with Crippen molar-refractivity contribution in [3.05, 3.63) is 58.3 Å². The monoisotopic (exact) mass is 508 g/mol. The predicted octanol–water partition coefficient (Wildman–Crippen LogP) is 3.78. The molecule has 0 radical (unpaired) electrons. The second kappa shape index (κ2) is 12.0. The molecule has 0 spiro atoms. The van der Waals surface area contributed by atoms with Crippen molar-refractivity contribution in [3.63, 3.8) is 0 Å². The van der Waals surface area contributed by atoms with Crippen LogP contribution in [0.5, 0.6) is 5.75 Å². The summed E-state index contributed by atoms with van der Waals surface area (Å²) < 4.78 is 5.53. The fraction of sp³-hybridized carbons (Fsp3) is 0.320. The van der Waals surface area contributed by atoms with Crippen LogP contribution in [0.1, 0.15) is 5.56 Å². The summed E-state index contributed by atoms with van der Waals surface area (Å²) in [6, 6.07) is 10.3. The Morgan fingerprint density at radius 1 is 1.08 bits per heavy atom. The van der Waals surface area contributed by atoms with Gasteiger partial charge in [-0.25, -0.2) is 4.98 Å². The molecule has 3 rings (SSSR count). The van der Waals surface area contributed by atoms with Crippen molar-refractivity contribution in [3.8, 4) is 5.75 Å². The summed E-state index contributed by atoms with van der Waals surface area (Å²) in [5, 5.41) is 18.0. The molecular formula is C25H32N8O4. The number of nitro groups is 1. The zero-order valence-electron chi connectivity index (χ0n) is 21.8. The molecule has 196 valence electrons. The number of likely N-dealkylation sites (N-methyl/N-ethyl adjacent to an activating group) is 2. The van der Waals surface area contributed by atoms with E-state index in [0.29, 0.717) is 41.6 Å². The molecule has 0 saturated carbocycles. The number of anilines is 6. The molecular weight excluding hydrogens is 476 g/mol. The van der Waals surface area contributed by atoms with Crippen molar-refractivity contribution < 1.29 is 14.5 Å². The van der Waals surface area contributed by atoms with E-state index in [1.165, 1.54) is 24.3 Å². The molecule has 0 aliphatic carbocycles. The first-order valence-electron chi connectivity index (χ1n) is 11.5. The second-order valence-electron chi connectivity index (χ2n) is 8.63. The molecule has 1 amide bonds. The van der Waals surface area contributed by atoms with Gasteiger partial charge < -0.3 is 25.2 Å². The number of hydrogen-bond acceptors (Lipinski definition) is 10. The first kappa shape index (κ1) is 27.1. The van der Waals surface area contributed by atoms with Crippen molar-refractivity contribution in [1.29, 1.82) is 0 Å². The number of carbonyl (C=O) groups excluding carboxylic acids is 1. The van der Waals surface area contributed by atoms with Crippen LogP contribution in [0.2, 0.25) is 0 Å². The minimum Gasteiger partial charge on any atom is -0.494 e. The van der Waals surface area contributed by atoms with Crippen molar-refractivity contribution in [1.82, 2.24) is 14.9 Å². The fourth-order valence-corrected chi connectivity index (χ4v) is 3.71. The van der Waals surface area contributed by atoms with Gasteiger partial charge in [-0.3, -0.25) is 19.8 Å². The maximum Gasteiger partial charge on any atom is 0.294 e. The Hall–Kier alpha value is -4.45. The van der Waals surface area contributed by atoms with Crippen LogP contribution in [0.15, 0.2) is 42.6 Å². The largest absolute Gasteiger partial charge is 0.494 e. The number of aryl methyl sites for hydroxylation is 1. The minimum absolute atomic E-state index is 0.0893. The first-order chi connectivity index (χ1) is 17.7. The molecule has 0 atom stereocenters. The van der Waals surface area contributed by atoms with Gasteiger partial charge in [0.25, 0.3) is 5.69 Å². The van der Waals surface area contributed by atoms with Crippen molar-refractivity contribution >= 4 is 46.6 Å². The molecule has 0 aliphatic rings. The molecule has 12 nitrogen and oxygen atoms in total. The summed E-state index contributed by atoms with van der Waals surface area (Å²) in [7, 11) is 8.93.